The molecule has 1 aromatic heterocycles. The molecule has 0 bridgehead atoms. The molecule has 7 heteroatoms. The number of alkyl carbamates (subject to hydrolysis) is 1. The molecule has 1 heterocycles. The second kappa shape index (κ2) is 8.34. The number of halogens is 3. The number of carbonyl (C=O) groups excluding carboxylic acids is 1. The lowest BCUT2D eigenvalue weighted by atomic mass is 9.98. The van der Waals surface area contributed by atoms with Gasteiger partial charge in [0.05, 0.1) is 11.3 Å². The van der Waals surface area contributed by atoms with Gasteiger partial charge in [0.15, 0.2) is 0 Å². The van der Waals surface area contributed by atoms with Crippen LogP contribution in [0.3, 0.4) is 0 Å². The number of rotatable bonds is 3. The molecule has 0 spiro atoms. The predicted octanol–water partition coefficient (Wildman–Crippen LogP) is 5.09. The number of aromatic nitrogens is 1. The van der Waals surface area contributed by atoms with Crippen molar-refractivity contribution in [3.63, 3.8) is 0 Å². The van der Waals surface area contributed by atoms with E-state index in [9.17, 15) is 18.0 Å². The lowest BCUT2D eigenvalue weighted by molar-refractivity contribution is -0.137. The average Bonchev–Trinajstić information content (AvgIpc) is 2.58. The van der Waals surface area contributed by atoms with E-state index in [1.165, 1.54) is 18.3 Å². The number of hydrogen-bond acceptors (Lipinski definition) is 3. The summed E-state index contributed by atoms with van der Waals surface area (Å²) >= 11 is 0. The van der Waals surface area contributed by atoms with Crippen LogP contribution in [0.15, 0.2) is 42.6 Å². The van der Waals surface area contributed by atoms with Crippen LogP contribution in [0.25, 0.3) is 0 Å². The van der Waals surface area contributed by atoms with Gasteiger partial charge in [0, 0.05) is 11.8 Å². The first-order valence-electron chi connectivity index (χ1n) is 8.55. The molecular formula is C21H21F3N2O2. The second-order valence-electron chi connectivity index (χ2n) is 7.01. The third kappa shape index (κ3) is 5.74. The van der Waals surface area contributed by atoms with Crippen molar-refractivity contribution in [3.8, 4) is 11.8 Å². The fraction of sp³-hybridized carbons (Fsp3) is 0.333. The van der Waals surface area contributed by atoms with E-state index >= 15 is 0 Å². The fourth-order valence-electron chi connectivity index (χ4n) is 2.49. The highest BCUT2D eigenvalue weighted by Gasteiger charge is 2.31. The highest BCUT2D eigenvalue weighted by atomic mass is 19.4. The van der Waals surface area contributed by atoms with Crippen LogP contribution in [0.4, 0.5) is 18.0 Å². The van der Waals surface area contributed by atoms with Crippen LogP contribution >= 0.6 is 0 Å². The summed E-state index contributed by atoms with van der Waals surface area (Å²) in [6.45, 7) is 6.81. The maximum absolute atomic E-state index is 12.9. The Labute approximate surface area is 162 Å². The van der Waals surface area contributed by atoms with Gasteiger partial charge in [0.25, 0.3) is 0 Å². The molecular weight excluding hydrogens is 369 g/mol. The van der Waals surface area contributed by atoms with E-state index in [0.717, 1.165) is 12.1 Å². The predicted molar refractivity (Wildman–Crippen MR) is 99.4 cm³/mol. The molecule has 0 aliphatic rings. The molecule has 2 aromatic rings. The Morgan fingerprint density at radius 1 is 1.14 bits per heavy atom. The summed E-state index contributed by atoms with van der Waals surface area (Å²) < 4.78 is 43.9. The largest absolute Gasteiger partial charge is 0.444 e. The van der Waals surface area contributed by atoms with Crippen molar-refractivity contribution >= 4 is 6.09 Å². The second-order valence-corrected chi connectivity index (χ2v) is 7.01. The minimum Gasteiger partial charge on any atom is -0.444 e. The molecule has 0 radical (unpaired) electrons. The Morgan fingerprint density at radius 2 is 1.79 bits per heavy atom. The lowest BCUT2D eigenvalue weighted by Gasteiger charge is -2.24. The van der Waals surface area contributed by atoms with Gasteiger partial charge in [0.2, 0.25) is 0 Å². The number of hydrogen-bond donors (Lipinski definition) is 1. The molecule has 1 aromatic carbocycles. The van der Waals surface area contributed by atoms with Crippen molar-refractivity contribution in [2.24, 2.45) is 0 Å². The van der Waals surface area contributed by atoms with Gasteiger partial charge in [-0.15, -0.1) is 5.92 Å². The van der Waals surface area contributed by atoms with E-state index in [4.69, 9.17) is 4.74 Å². The van der Waals surface area contributed by atoms with Crippen LogP contribution in [0.1, 0.15) is 56.1 Å². The van der Waals surface area contributed by atoms with Gasteiger partial charge in [-0.25, -0.2) is 4.79 Å². The van der Waals surface area contributed by atoms with Crippen LogP contribution in [0, 0.1) is 11.8 Å². The summed E-state index contributed by atoms with van der Waals surface area (Å²) in [5, 5.41) is 2.69. The van der Waals surface area contributed by atoms with Gasteiger partial charge < -0.3 is 10.1 Å². The van der Waals surface area contributed by atoms with Gasteiger partial charge in [0.1, 0.15) is 11.6 Å². The number of ether oxygens (including phenoxy) is 1. The van der Waals surface area contributed by atoms with Crippen molar-refractivity contribution in [1.82, 2.24) is 10.3 Å². The van der Waals surface area contributed by atoms with Crippen molar-refractivity contribution in [2.45, 2.75) is 45.5 Å². The third-order valence-electron chi connectivity index (χ3n) is 3.60. The molecule has 1 amide bonds. The van der Waals surface area contributed by atoms with Gasteiger partial charge in [-0.3, -0.25) is 4.98 Å². The number of nitrogens with one attached hydrogen (secondary N) is 1. The molecule has 0 fully saturated rings. The quantitative estimate of drug-likeness (QED) is 0.743. The van der Waals surface area contributed by atoms with Gasteiger partial charge in [-0.1, -0.05) is 18.1 Å². The number of benzene rings is 1. The summed E-state index contributed by atoms with van der Waals surface area (Å²) in [5.41, 5.74) is -0.0997. The number of nitrogens with zero attached hydrogens (tertiary/aromatic N) is 1. The van der Waals surface area contributed by atoms with Crippen LogP contribution in [0.5, 0.6) is 0 Å². The third-order valence-corrected chi connectivity index (χ3v) is 3.60. The molecule has 148 valence electrons. The highest BCUT2D eigenvalue weighted by molar-refractivity contribution is 5.69. The number of alkyl halides is 3. The molecule has 0 saturated heterocycles. The Morgan fingerprint density at radius 3 is 2.32 bits per heavy atom. The minimum atomic E-state index is -4.45. The summed E-state index contributed by atoms with van der Waals surface area (Å²) in [6.07, 6.45) is -3.63. The maximum Gasteiger partial charge on any atom is 0.416 e. The van der Waals surface area contributed by atoms with Crippen LogP contribution in [-0.4, -0.2) is 16.7 Å². The molecule has 2 rings (SSSR count). The van der Waals surface area contributed by atoms with Crippen LogP contribution < -0.4 is 5.32 Å². The standard InChI is InChI=1S/C21H21F3N2O2/c1-5-7-14-8-6-13-25-17(14)18(26-19(27)28-20(2,3)4)15-9-11-16(12-10-15)21(22,23)24/h6,8-13,18H,1-4H3,(H,26,27). The molecule has 0 saturated carbocycles. The van der Waals surface area contributed by atoms with Gasteiger partial charge in [-0.05, 0) is 57.5 Å². The van der Waals surface area contributed by atoms with Crippen molar-refractivity contribution in [3.05, 3.63) is 65.0 Å². The first-order chi connectivity index (χ1) is 13.0. The van der Waals surface area contributed by atoms with E-state index in [2.05, 4.69) is 22.1 Å². The normalized spacial score (nSPS) is 12.5. The van der Waals surface area contributed by atoms with Crippen LogP contribution in [-0.2, 0) is 10.9 Å². The van der Waals surface area contributed by atoms with E-state index in [0.29, 0.717) is 16.8 Å². The zero-order valence-electron chi connectivity index (χ0n) is 16.0. The van der Waals surface area contributed by atoms with Crippen molar-refractivity contribution in [2.75, 3.05) is 0 Å². The highest BCUT2D eigenvalue weighted by Crippen LogP contribution is 2.31. The smallest absolute Gasteiger partial charge is 0.416 e. The Bertz CT molecular complexity index is 889. The number of amides is 1. The van der Waals surface area contributed by atoms with Gasteiger partial charge in [-0.2, -0.15) is 13.2 Å². The van der Waals surface area contributed by atoms with Crippen molar-refractivity contribution in [1.29, 1.82) is 0 Å². The van der Waals surface area contributed by atoms with Crippen molar-refractivity contribution < 1.29 is 22.7 Å². The van der Waals surface area contributed by atoms with E-state index in [1.807, 2.05) is 0 Å². The molecule has 1 N–H and O–H groups in total. The van der Waals surface area contributed by atoms with E-state index < -0.39 is 29.5 Å². The monoisotopic (exact) mass is 390 g/mol. The average molecular weight is 390 g/mol. The first-order valence-corrected chi connectivity index (χ1v) is 8.55. The summed E-state index contributed by atoms with van der Waals surface area (Å²) in [5.74, 6) is 5.67. The van der Waals surface area contributed by atoms with E-state index in [-0.39, 0.29) is 0 Å². The molecule has 28 heavy (non-hydrogen) atoms. The Balaban J connectivity index is 2.47. The number of pyridine rings is 1. The zero-order valence-corrected chi connectivity index (χ0v) is 16.0. The van der Waals surface area contributed by atoms with Crippen LogP contribution in [0.2, 0.25) is 0 Å². The SMILES string of the molecule is CC#Cc1cccnc1C(NC(=O)OC(C)(C)C)c1ccc(C(F)(F)F)cc1. The summed E-state index contributed by atoms with van der Waals surface area (Å²) in [4.78, 5) is 16.6. The van der Waals surface area contributed by atoms with E-state index in [1.54, 1.807) is 39.8 Å². The number of carbonyl (C=O) groups is 1. The molecule has 1 atom stereocenters. The van der Waals surface area contributed by atoms with Gasteiger partial charge >= 0.3 is 12.3 Å². The Hall–Kier alpha value is -3.01. The summed E-state index contributed by atoms with van der Waals surface area (Å²) in [7, 11) is 0. The molecule has 1 unspecified atom stereocenters. The molecule has 0 aliphatic carbocycles. The zero-order chi connectivity index (χ0) is 20.9. The topological polar surface area (TPSA) is 51.2 Å². The molecule has 4 nitrogen and oxygen atoms in total. The first kappa shape index (κ1) is 21.3. The fourth-order valence-corrected chi connectivity index (χ4v) is 2.49. The maximum atomic E-state index is 12.9. The minimum absolute atomic E-state index is 0.419. The lowest BCUT2D eigenvalue weighted by Crippen LogP contribution is -2.36. The Kier molecular flexibility index (Phi) is 6.34. The molecule has 0 aliphatic heterocycles. The summed E-state index contributed by atoms with van der Waals surface area (Å²) in [6, 6.07) is 7.15.